The first-order valence-corrected chi connectivity index (χ1v) is 6.33. The second-order valence-corrected chi connectivity index (χ2v) is 5.04. The first-order valence-electron chi connectivity index (χ1n) is 6.33. The van der Waals surface area contributed by atoms with Crippen molar-refractivity contribution in [3.63, 3.8) is 0 Å². The van der Waals surface area contributed by atoms with E-state index < -0.39 is 5.97 Å². The van der Waals surface area contributed by atoms with Crippen LogP contribution in [0.25, 0.3) is 0 Å². The first-order chi connectivity index (χ1) is 8.02. The maximum atomic E-state index is 10.8. The van der Waals surface area contributed by atoms with Crippen molar-refractivity contribution in [3.05, 3.63) is 35.4 Å². The van der Waals surface area contributed by atoms with Gasteiger partial charge in [-0.15, -0.1) is 0 Å². The fourth-order valence-electron chi connectivity index (χ4n) is 2.11. The van der Waals surface area contributed by atoms with Crippen molar-refractivity contribution >= 4 is 5.97 Å². The summed E-state index contributed by atoms with van der Waals surface area (Å²) in [5, 5.41) is 8.85. The summed E-state index contributed by atoms with van der Waals surface area (Å²) in [5.74, 6) is 0.0746. The maximum absolute atomic E-state index is 10.8. The van der Waals surface area contributed by atoms with Gasteiger partial charge in [-0.1, -0.05) is 45.0 Å². The minimum atomic E-state index is -0.719. The molecule has 0 saturated heterocycles. The van der Waals surface area contributed by atoms with E-state index in [1.165, 1.54) is 5.56 Å². The zero-order valence-corrected chi connectivity index (χ0v) is 10.9. The van der Waals surface area contributed by atoms with Crippen LogP contribution in [0.3, 0.4) is 0 Å². The van der Waals surface area contributed by atoms with Gasteiger partial charge in [0.15, 0.2) is 0 Å². The van der Waals surface area contributed by atoms with Crippen molar-refractivity contribution in [2.75, 3.05) is 0 Å². The highest BCUT2D eigenvalue weighted by atomic mass is 16.4. The van der Waals surface area contributed by atoms with Crippen LogP contribution >= 0.6 is 0 Å². The molecular formula is C15H22O2. The molecule has 0 saturated carbocycles. The molecule has 17 heavy (non-hydrogen) atoms. The standard InChI is InChI=1S/C15H22O2/c1-4-13(10-15(16)17)14-7-5-12(6-8-14)9-11(2)3/h5-8,11,13H,4,9-10H2,1-3H3,(H,16,17). The van der Waals surface area contributed by atoms with E-state index in [1.54, 1.807) is 0 Å². The molecular weight excluding hydrogens is 212 g/mol. The van der Waals surface area contributed by atoms with Crippen molar-refractivity contribution < 1.29 is 9.90 Å². The molecule has 1 rings (SSSR count). The lowest BCUT2D eigenvalue weighted by atomic mass is 9.91. The van der Waals surface area contributed by atoms with Crippen molar-refractivity contribution in [1.82, 2.24) is 0 Å². The number of hydrogen-bond acceptors (Lipinski definition) is 1. The number of hydrogen-bond donors (Lipinski definition) is 1. The van der Waals surface area contributed by atoms with Crippen LogP contribution in [0.4, 0.5) is 0 Å². The number of carboxylic acid groups (broad SMARTS) is 1. The van der Waals surface area contributed by atoms with E-state index in [1.807, 2.05) is 6.92 Å². The fraction of sp³-hybridized carbons (Fsp3) is 0.533. The molecule has 2 heteroatoms. The van der Waals surface area contributed by atoms with E-state index in [4.69, 9.17) is 5.11 Å². The highest BCUT2D eigenvalue weighted by Gasteiger charge is 2.13. The third-order valence-electron chi connectivity index (χ3n) is 3.01. The molecule has 2 nitrogen and oxygen atoms in total. The molecule has 1 aromatic rings. The Hall–Kier alpha value is -1.31. The highest BCUT2D eigenvalue weighted by molar-refractivity contribution is 5.68. The lowest BCUT2D eigenvalue weighted by Crippen LogP contribution is -2.05. The van der Waals surface area contributed by atoms with Crippen LogP contribution in [0.2, 0.25) is 0 Å². The van der Waals surface area contributed by atoms with Gasteiger partial charge in [0.2, 0.25) is 0 Å². The van der Waals surface area contributed by atoms with Gasteiger partial charge < -0.3 is 5.11 Å². The van der Waals surface area contributed by atoms with Crippen LogP contribution < -0.4 is 0 Å². The van der Waals surface area contributed by atoms with Crippen LogP contribution in [-0.4, -0.2) is 11.1 Å². The Kier molecular flexibility index (Phi) is 5.20. The highest BCUT2D eigenvalue weighted by Crippen LogP contribution is 2.24. The Morgan fingerprint density at radius 2 is 1.82 bits per heavy atom. The van der Waals surface area contributed by atoms with E-state index in [0.717, 1.165) is 18.4 Å². The van der Waals surface area contributed by atoms with Crippen molar-refractivity contribution in [1.29, 1.82) is 0 Å². The Morgan fingerprint density at radius 3 is 2.24 bits per heavy atom. The normalized spacial score (nSPS) is 12.7. The summed E-state index contributed by atoms with van der Waals surface area (Å²) in [5.41, 5.74) is 2.47. The monoisotopic (exact) mass is 234 g/mol. The zero-order chi connectivity index (χ0) is 12.8. The fourth-order valence-corrected chi connectivity index (χ4v) is 2.11. The minimum absolute atomic E-state index is 0.139. The maximum Gasteiger partial charge on any atom is 0.303 e. The lowest BCUT2D eigenvalue weighted by Gasteiger charge is -2.13. The lowest BCUT2D eigenvalue weighted by molar-refractivity contribution is -0.137. The zero-order valence-electron chi connectivity index (χ0n) is 10.9. The van der Waals surface area contributed by atoms with Gasteiger partial charge in [-0.2, -0.15) is 0 Å². The number of carbonyl (C=O) groups is 1. The summed E-state index contributed by atoms with van der Waals surface area (Å²) in [7, 11) is 0. The molecule has 94 valence electrons. The first kappa shape index (κ1) is 13.8. The summed E-state index contributed by atoms with van der Waals surface area (Å²) in [6.45, 7) is 6.44. The van der Waals surface area contributed by atoms with Gasteiger partial charge in [0.1, 0.15) is 0 Å². The number of carboxylic acids is 1. The smallest absolute Gasteiger partial charge is 0.303 e. The summed E-state index contributed by atoms with van der Waals surface area (Å²) >= 11 is 0. The topological polar surface area (TPSA) is 37.3 Å². The molecule has 0 radical (unpaired) electrons. The third kappa shape index (κ3) is 4.59. The van der Waals surface area contributed by atoms with Crippen molar-refractivity contribution in [2.24, 2.45) is 5.92 Å². The van der Waals surface area contributed by atoms with Gasteiger partial charge in [0, 0.05) is 0 Å². The van der Waals surface area contributed by atoms with Crippen LogP contribution in [0.5, 0.6) is 0 Å². The minimum Gasteiger partial charge on any atom is -0.481 e. The van der Waals surface area contributed by atoms with Gasteiger partial charge in [-0.3, -0.25) is 4.79 Å². The molecule has 0 fully saturated rings. The number of rotatable bonds is 6. The Bertz CT molecular complexity index is 352. The second kappa shape index (κ2) is 6.43. The average molecular weight is 234 g/mol. The summed E-state index contributed by atoms with van der Waals surface area (Å²) in [4.78, 5) is 10.8. The van der Waals surface area contributed by atoms with Crippen molar-refractivity contribution in [3.8, 4) is 0 Å². The van der Waals surface area contributed by atoms with E-state index in [-0.39, 0.29) is 12.3 Å². The average Bonchev–Trinajstić information content (AvgIpc) is 2.26. The van der Waals surface area contributed by atoms with Gasteiger partial charge >= 0.3 is 5.97 Å². The molecule has 0 heterocycles. The molecule has 0 amide bonds. The predicted molar refractivity (Wildman–Crippen MR) is 70.3 cm³/mol. The Labute approximate surface area is 104 Å². The van der Waals surface area contributed by atoms with Crippen LogP contribution in [0.1, 0.15) is 50.7 Å². The molecule has 0 aromatic heterocycles. The third-order valence-corrected chi connectivity index (χ3v) is 3.01. The molecule has 0 aliphatic heterocycles. The second-order valence-electron chi connectivity index (χ2n) is 5.04. The van der Waals surface area contributed by atoms with Crippen LogP contribution in [-0.2, 0) is 11.2 Å². The van der Waals surface area contributed by atoms with E-state index in [2.05, 4.69) is 38.1 Å². The predicted octanol–water partition coefficient (Wildman–Crippen LogP) is 3.85. The largest absolute Gasteiger partial charge is 0.481 e. The Morgan fingerprint density at radius 1 is 1.24 bits per heavy atom. The molecule has 0 aliphatic rings. The Balaban J connectivity index is 2.74. The molecule has 1 N–H and O–H groups in total. The summed E-state index contributed by atoms with van der Waals surface area (Å²) in [6.07, 6.45) is 2.17. The number of aliphatic carboxylic acids is 1. The molecule has 0 spiro atoms. The quantitative estimate of drug-likeness (QED) is 0.811. The molecule has 0 aliphatic carbocycles. The van der Waals surface area contributed by atoms with Crippen LogP contribution in [0.15, 0.2) is 24.3 Å². The van der Waals surface area contributed by atoms with E-state index >= 15 is 0 Å². The van der Waals surface area contributed by atoms with E-state index in [0.29, 0.717) is 5.92 Å². The van der Waals surface area contributed by atoms with Gasteiger partial charge in [-0.25, -0.2) is 0 Å². The SMILES string of the molecule is CCC(CC(=O)O)c1ccc(CC(C)C)cc1. The van der Waals surface area contributed by atoms with Gasteiger partial charge in [-0.05, 0) is 35.8 Å². The summed E-state index contributed by atoms with van der Waals surface area (Å²) in [6, 6.07) is 8.41. The number of benzene rings is 1. The van der Waals surface area contributed by atoms with Crippen LogP contribution in [0, 0.1) is 5.92 Å². The molecule has 0 bridgehead atoms. The van der Waals surface area contributed by atoms with Gasteiger partial charge in [0.05, 0.1) is 6.42 Å². The molecule has 1 atom stereocenters. The van der Waals surface area contributed by atoms with E-state index in [9.17, 15) is 4.79 Å². The van der Waals surface area contributed by atoms with Gasteiger partial charge in [0.25, 0.3) is 0 Å². The summed E-state index contributed by atoms with van der Waals surface area (Å²) < 4.78 is 0. The molecule has 1 aromatic carbocycles. The van der Waals surface area contributed by atoms with Crippen molar-refractivity contribution in [2.45, 2.75) is 46.0 Å². The molecule has 1 unspecified atom stereocenters.